The van der Waals surface area contributed by atoms with E-state index in [9.17, 15) is 14.9 Å². The minimum atomic E-state index is -0.599. The summed E-state index contributed by atoms with van der Waals surface area (Å²) in [5, 5.41) is 11.0. The number of nitrogens with two attached hydrogens (primary N) is 1. The predicted octanol–water partition coefficient (Wildman–Crippen LogP) is 1.55. The van der Waals surface area contributed by atoms with Gasteiger partial charge in [-0.25, -0.2) is 0 Å². The molecule has 1 aromatic carbocycles. The van der Waals surface area contributed by atoms with Gasteiger partial charge in [-0.3, -0.25) is 25.7 Å². The van der Waals surface area contributed by atoms with Crippen molar-refractivity contribution in [1.82, 2.24) is 4.98 Å². The first-order valence-electron chi connectivity index (χ1n) is 5.98. The summed E-state index contributed by atoms with van der Waals surface area (Å²) in [5.41, 5.74) is 2.69. The lowest BCUT2D eigenvalue weighted by molar-refractivity contribution is -0.384. The van der Waals surface area contributed by atoms with Gasteiger partial charge >= 0.3 is 0 Å². The molecule has 0 bridgehead atoms. The highest BCUT2D eigenvalue weighted by molar-refractivity contribution is 6.10. The second-order valence-electron chi connectivity index (χ2n) is 4.17. The Hall–Kier alpha value is -3.00. The van der Waals surface area contributed by atoms with Crippen LogP contribution in [0.1, 0.15) is 10.4 Å². The first-order chi connectivity index (χ1) is 10.1. The highest BCUT2D eigenvalue weighted by Gasteiger charge is 2.23. The largest absolute Gasteiger partial charge is 0.318 e. The van der Waals surface area contributed by atoms with Crippen LogP contribution >= 0.6 is 0 Å². The number of pyridine rings is 1. The molecule has 1 aromatic heterocycles. The number of carbonyl (C=O) groups is 1. The highest BCUT2D eigenvalue weighted by atomic mass is 16.6. The number of hydrogen-bond donors (Lipinski definition) is 2. The summed E-state index contributed by atoms with van der Waals surface area (Å²) in [6, 6.07) is 7.50. The molecule has 0 aliphatic carbocycles. The normalized spacial score (nSPS) is 10.0. The number of anilines is 2. The van der Waals surface area contributed by atoms with Crippen LogP contribution in [0.25, 0.3) is 0 Å². The number of nitrogens with zero attached hydrogens (tertiary/aromatic N) is 3. The first kappa shape index (κ1) is 14.4. The zero-order valence-corrected chi connectivity index (χ0v) is 11.2. The summed E-state index contributed by atoms with van der Waals surface area (Å²) in [6.45, 7) is 0. The minimum absolute atomic E-state index is 0.0200. The molecule has 8 heteroatoms. The third-order valence-corrected chi connectivity index (χ3v) is 2.97. The number of nitrogen functional groups attached to an aromatic ring is 1. The van der Waals surface area contributed by atoms with Crippen LogP contribution in [0.4, 0.5) is 17.1 Å². The van der Waals surface area contributed by atoms with E-state index in [0.29, 0.717) is 5.69 Å². The van der Waals surface area contributed by atoms with E-state index in [-0.39, 0.29) is 16.9 Å². The minimum Gasteiger partial charge on any atom is -0.318 e. The van der Waals surface area contributed by atoms with Crippen molar-refractivity contribution in [2.75, 3.05) is 17.4 Å². The molecule has 0 saturated carbocycles. The van der Waals surface area contributed by atoms with Crippen molar-refractivity contribution in [1.29, 1.82) is 0 Å². The van der Waals surface area contributed by atoms with E-state index in [1.807, 2.05) is 0 Å². The Morgan fingerprint density at radius 3 is 2.57 bits per heavy atom. The van der Waals surface area contributed by atoms with Crippen molar-refractivity contribution in [3.63, 3.8) is 0 Å². The van der Waals surface area contributed by atoms with Crippen LogP contribution in [-0.4, -0.2) is 22.9 Å². The molecule has 0 unspecified atom stereocenters. The Kier molecular flexibility index (Phi) is 4.10. The van der Waals surface area contributed by atoms with E-state index in [2.05, 4.69) is 10.4 Å². The van der Waals surface area contributed by atoms with Crippen molar-refractivity contribution in [3.8, 4) is 0 Å². The van der Waals surface area contributed by atoms with Crippen LogP contribution in [-0.2, 0) is 0 Å². The van der Waals surface area contributed by atoms with Gasteiger partial charge in [0.1, 0.15) is 5.69 Å². The van der Waals surface area contributed by atoms with E-state index < -0.39 is 10.8 Å². The number of nitrogens with one attached hydrogen (secondary N) is 1. The second kappa shape index (κ2) is 5.97. The van der Waals surface area contributed by atoms with Crippen LogP contribution in [0.3, 0.4) is 0 Å². The van der Waals surface area contributed by atoms with Crippen LogP contribution < -0.4 is 16.2 Å². The monoisotopic (exact) mass is 287 g/mol. The van der Waals surface area contributed by atoms with Gasteiger partial charge in [0.2, 0.25) is 0 Å². The Bertz CT molecular complexity index is 675. The standard InChI is InChI=1S/C13H13N5O3/c1-17(9-5-7-15-8-6-9)13(19)10-3-2-4-11(18(20)21)12(10)16-14/h2-8,16H,14H2,1H3. The number of hydrogen-bond acceptors (Lipinski definition) is 6. The number of amides is 1. The molecule has 1 heterocycles. The molecule has 21 heavy (non-hydrogen) atoms. The summed E-state index contributed by atoms with van der Waals surface area (Å²) >= 11 is 0. The van der Waals surface area contributed by atoms with Crippen molar-refractivity contribution in [2.24, 2.45) is 5.84 Å². The zero-order valence-electron chi connectivity index (χ0n) is 11.2. The number of carbonyl (C=O) groups excluding carboxylic acids is 1. The van der Waals surface area contributed by atoms with E-state index in [0.717, 1.165) is 0 Å². The maximum absolute atomic E-state index is 12.5. The summed E-state index contributed by atoms with van der Waals surface area (Å²) < 4.78 is 0. The van der Waals surface area contributed by atoms with Crippen LogP contribution in [0.2, 0.25) is 0 Å². The molecule has 0 fully saturated rings. The summed E-state index contributed by atoms with van der Waals surface area (Å²) in [7, 11) is 1.57. The lowest BCUT2D eigenvalue weighted by Gasteiger charge is -2.18. The fraction of sp³-hybridized carbons (Fsp3) is 0.0769. The van der Waals surface area contributed by atoms with Crippen LogP contribution in [0.15, 0.2) is 42.7 Å². The molecule has 0 radical (unpaired) electrons. The highest BCUT2D eigenvalue weighted by Crippen LogP contribution is 2.29. The molecule has 0 saturated heterocycles. The van der Waals surface area contributed by atoms with Gasteiger partial charge in [0.15, 0.2) is 0 Å². The Balaban J connectivity index is 2.44. The lowest BCUT2D eigenvalue weighted by Crippen LogP contribution is -2.28. The average molecular weight is 287 g/mol. The molecular weight excluding hydrogens is 274 g/mol. The fourth-order valence-electron chi connectivity index (χ4n) is 1.89. The number of para-hydroxylation sites is 1. The molecule has 0 atom stereocenters. The average Bonchev–Trinajstić information content (AvgIpc) is 2.53. The molecule has 0 spiro atoms. The lowest BCUT2D eigenvalue weighted by atomic mass is 10.1. The van der Waals surface area contributed by atoms with Crippen LogP contribution in [0, 0.1) is 10.1 Å². The molecule has 2 rings (SSSR count). The van der Waals surface area contributed by atoms with Gasteiger partial charge in [-0.15, -0.1) is 0 Å². The summed E-state index contributed by atoms with van der Waals surface area (Å²) in [4.78, 5) is 28.1. The Labute approximate surface area is 120 Å². The number of benzene rings is 1. The van der Waals surface area contributed by atoms with Gasteiger partial charge in [0, 0.05) is 31.2 Å². The van der Waals surface area contributed by atoms with E-state index in [1.165, 1.54) is 23.1 Å². The van der Waals surface area contributed by atoms with E-state index >= 15 is 0 Å². The smallest absolute Gasteiger partial charge is 0.294 e. The third kappa shape index (κ3) is 2.79. The first-order valence-corrected chi connectivity index (χ1v) is 5.98. The fourth-order valence-corrected chi connectivity index (χ4v) is 1.89. The van der Waals surface area contributed by atoms with Gasteiger partial charge in [-0.1, -0.05) is 6.07 Å². The molecule has 108 valence electrons. The van der Waals surface area contributed by atoms with Gasteiger partial charge in [0.05, 0.1) is 10.5 Å². The number of nitro benzene ring substituents is 1. The molecular formula is C13H13N5O3. The van der Waals surface area contributed by atoms with Gasteiger partial charge in [0.25, 0.3) is 11.6 Å². The van der Waals surface area contributed by atoms with Gasteiger partial charge in [-0.2, -0.15) is 0 Å². The third-order valence-electron chi connectivity index (χ3n) is 2.97. The number of hydrazine groups is 1. The molecule has 0 aliphatic heterocycles. The zero-order chi connectivity index (χ0) is 15.4. The quantitative estimate of drug-likeness (QED) is 0.501. The van der Waals surface area contributed by atoms with Crippen molar-refractivity contribution in [3.05, 3.63) is 58.4 Å². The molecule has 8 nitrogen and oxygen atoms in total. The molecule has 2 aromatic rings. The Morgan fingerprint density at radius 1 is 1.33 bits per heavy atom. The Morgan fingerprint density at radius 2 is 2.00 bits per heavy atom. The molecule has 3 N–H and O–H groups in total. The predicted molar refractivity (Wildman–Crippen MR) is 77.9 cm³/mol. The number of rotatable bonds is 4. The number of nitro groups is 1. The van der Waals surface area contributed by atoms with Crippen molar-refractivity contribution >= 4 is 23.0 Å². The van der Waals surface area contributed by atoms with E-state index in [1.54, 1.807) is 31.6 Å². The SMILES string of the molecule is CN(C(=O)c1cccc([N+](=O)[O-])c1NN)c1ccncc1. The molecule has 0 aliphatic rings. The number of aromatic nitrogens is 1. The molecule has 1 amide bonds. The van der Waals surface area contributed by atoms with Crippen molar-refractivity contribution < 1.29 is 9.72 Å². The van der Waals surface area contributed by atoms with Crippen LogP contribution in [0.5, 0.6) is 0 Å². The van der Waals surface area contributed by atoms with E-state index in [4.69, 9.17) is 5.84 Å². The van der Waals surface area contributed by atoms with Gasteiger partial charge < -0.3 is 10.3 Å². The summed E-state index contributed by atoms with van der Waals surface area (Å²) in [5.74, 6) is 4.91. The van der Waals surface area contributed by atoms with Gasteiger partial charge in [-0.05, 0) is 18.2 Å². The second-order valence-corrected chi connectivity index (χ2v) is 4.17. The topological polar surface area (TPSA) is 114 Å². The summed E-state index contributed by atoms with van der Waals surface area (Å²) in [6.07, 6.45) is 3.10. The van der Waals surface area contributed by atoms with Crippen molar-refractivity contribution in [2.45, 2.75) is 0 Å². The maximum Gasteiger partial charge on any atom is 0.294 e. The maximum atomic E-state index is 12.5.